The number of nitrogens with two attached hydrogens (primary N) is 1. The summed E-state index contributed by atoms with van der Waals surface area (Å²) >= 11 is 0. The molecule has 0 aliphatic carbocycles. The Balaban J connectivity index is 0.00000441. The number of halogens is 1. The first kappa shape index (κ1) is 20.2. The van der Waals surface area contributed by atoms with Gasteiger partial charge in [0.25, 0.3) is 0 Å². The molecule has 1 aromatic rings. The molecule has 1 unspecified atom stereocenters. The highest BCUT2D eigenvalue weighted by Gasteiger charge is 2.12. The summed E-state index contributed by atoms with van der Waals surface area (Å²) in [5, 5.41) is 2.70. The number of methoxy groups -OCH3 is 2. The van der Waals surface area contributed by atoms with Gasteiger partial charge in [-0.1, -0.05) is 12.1 Å². The van der Waals surface area contributed by atoms with Crippen molar-refractivity contribution in [2.75, 3.05) is 27.4 Å². The minimum absolute atomic E-state index is 0. The van der Waals surface area contributed by atoms with E-state index in [1.807, 2.05) is 6.07 Å². The van der Waals surface area contributed by atoms with E-state index in [0.717, 1.165) is 5.56 Å². The lowest BCUT2D eigenvalue weighted by Gasteiger charge is -2.12. The Morgan fingerprint density at radius 2 is 2.05 bits per heavy atom. The van der Waals surface area contributed by atoms with E-state index in [9.17, 15) is 9.59 Å². The van der Waals surface area contributed by atoms with Gasteiger partial charge in [0.15, 0.2) is 6.61 Å². The van der Waals surface area contributed by atoms with Gasteiger partial charge in [0.1, 0.15) is 11.8 Å². The average molecular weight is 333 g/mol. The van der Waals surface area contributed by atoms with E-state index in [1.165, 1.54) is 14.2 Å². The Bertz CT molecular complexity index is 484. The van der Waals surface area contributed by atoms with Crippen LogP contribution in [-0.2, 0) is 25.6 Å². The van der Waals surface area contributed by atoms with Crippen molar-refractivity contribution in [2.45, 2.75) is 12.6 Å². The molecule has 1 amide bonds. The summed E-state index contributed by atoms with van der Waals surface area (Å²) in [7, 11) is 2.77. The minimum Gasteiger partial charge on any atom is -0.482 e. The Labute approximate surface area is 135 Å². The van der Waals surface area contributed by atoms with Crippen LogP contribution in [0.3, 0.4) is 0 Å². The van der Waals surface area contributed by atoms with Crippen LogP contribution in [0.5, 0.6) is 5.75 Å². The normalized spacial score (nSPS) is 11.0. The third kappa shape index (κ3) is 7.26. The van der Waals surface area contributed by atoms with Crippen molar-refractivity contribution in [3.05, 3.63) is 29.8 Å². The first-order valence-corrected chi connectivity index (χ1v) is 6.37. The SMILES string of the molecule is COCC(N)C(=O)NCc1cccc(OCC(=O)OC)c1.Cl. The number of rotatable bonds is 8. The predicted octanol–water partition coefficient (Wildman–Crippen LogP) is 0.250. The second-order valence-corrected chi connectivity index (χ2v) is 4.29. The molecule has 0 fully saturated rings. The fourth-order valence-electron chi connectivity index (χ4n) is 1.52. The molecule has 3 N–H and O–H groups in total. The van der Waals surface area contributed by atoms with Gasteiger partial charge in [-0.15, -0.1) is 12.4 Å². The highest BCUT2D eigenvalue weighted by Crippen LogP contribution is 2.13. The second kappa shape index (κ2) is 10.8. The van der Waals surface area contributed by atoms with Crippen LogP contribution in [-0.4, -0.2) is 45.4 Å². The topological polar surface area (TPSA) is 99.9 Å². The number of hydrogen-bond acceptors (Lipinski definition) is 6. The van der Waals surface area contributed by atoms with Crippen molar-refractivity contribution in [2.24, 2.45) is 5.73 Å². The van der Waals surface area contributed by atoms with Crippen LogP contribution in [0.4, 0.5) is 0 Å². The van der Waals surface area contributed by atoms with E-state index >= 15 is 0 Å². The van der Waals surface area contributed by atoms with E-state index < -0.39 is 12.0 Å². The molecule has 0 radical (unpaired) electrons. The highest BCUT2D eigenvalue weighted by molar-refractivity contribution is 5.85. The lowest BCUT2D eigenvalue weighted by molar-refractivity contribution is -0.142. The van der Waals surface area contributed by atoms with Crippen LogP contribution in [0.25, 0.3) is 0 Å². The maximum atomic E-state index is 11.6. The molecule has 0 heterocycles. The predicted molar refractivity (Wildman–Crippen MR) is 82.9 cm³/mol. The van der Waals surface area contributed by atoms with Crippen molar-refractivity contribution in [1.82, 2.24) is 5.32 Å². The van der Waals surface area contributed by atoms with Crippen molar-refractivity contribution >= 4 is 24.3 Å². The summed E-state index contributed by atoms with van der Waals surface area (Å²) in [6.45, 7) is 0.310. The third-order valence-electron chi connectivity index (χ3n) is 2.63. The molecule has 7 nitrogen and oxygen atoms in total. The molecule has 1 atom stereocenters. The van der Waals surface area contributed by atoms with Crippen LogP contribution in [0.2, 0.25) is 0 Å². The monoisotopic (exact) mass is 332 g/mol. The van der Waals surface area contributed by atoms with E-state index in [2.05, 4.69) is 10.1 Å². The van der Waals surface area contributed by atoms with Gasteiger partial charge < -0.3 is 25.3 Å². The van der Waals surface area contributed by atoms with Gasteiger partial charge in [-0.25, -0.2) is 4.79 Å². The maximum absolute atomic E-state index is 11.6. The van der Waals surface area contributed by atoms with Gasteiger partial charge in [0, 0.05) is 13.7 Å². The van der Waals surface area contributed by atoms with Crippen LogP contribution >= 0.6 is 12.4 Å². The average Bonchev–Trinajstić information content (AvgIpc) is 2.50. The molecule has 0 aliphatic heterocycles. The minimum atomic E-state index is -0.700. The van der Waals surface area contributed by atoms with Crippen LogP contribution in [0.1, 0.15) is 5.56 Å². The van der Waals surface area contributed by atoms with Gasteiger partial charge in [-0.2, -0.15) is 0 Å². The lowest BCUT2D eigenvalue weighted by Crippen LogP contribution is -2.43. The number of nitrogens with one attached hydrogen (secondary N) is 1. The summed E-state index contributed by atoms with van der Waals surface area (Å²) in [6.07, 6.45) is 0. The molecule has 0 saturated heterocycles. The summed E-state index contributed by atoms with van der Waals surface area (Å²) < 4.78 is 14.6. The first-order chi connectivity index (χ1) is 10.1. The van der Waals surface area contributed by atoms with Gasteiger partial charge in [-0.05, 0) is 17.7 Å². The Hall–Kier alpha value is -1.83. The zero-order chi connectivity index (χ0) is 15.7. The Morgan fingerprint density at radius 1 is 1.32 bits per heavy atom. The zero-order valence-corrected chi connectivity index (χ0v) is 13.4. The Morgan fingerprint density at radius 3 is 2.68 bits per heavy atom. The molecule has 1 aromatic carbocycles. The molecule has 124 valence electrons. The summed E-state index contributed by atoms with van der Waals surface area (Å²) in [5.41, 5.74) is 6.43. The van der Waals surface area contributed by atoms with E-state index in [4.69, 9.17) is 15.2 Å². The molecule has 1 rings (SSSR count). The largest absolute Gasteiger partial charge is 0.482 e. The van der Waals surface area contributed by atoms with Crippen molar-refractivity contribution in [3.63, 3.8) is 0 Å². The summed E-state index contributed by atoms with van der Waals surface area (Å²) in [5.74, 6) is -0.231. The molecule has 0 aromatic heterocycles. The van der Waals surface area contributed by atoms with Crippen LogP contribution < -0.4 is 15.8 Å². The number of carbonyl (C=O) groups excluding carboxylic acids is 2. The second-order valence-electron chi connectivity index (χ2n) is 4.29. The molecule has 0 bridgehead atoms. The quantitative estimate of drug-likeness (QED) is 0.662. The number of esters is 1. The van der Waals surface area contributed by atoms with Crippen molar-refractivity contribution in [3.8, 4) is 5.75 Å². The fraction of sp³-hybridized carbons (Fsp3) is 0.429. The molecule has 8 heteroatoms. The van der Waals surface area contributed by atoms with E-state index in [1.54, 1.807) is 18.2 Å². The lowest BCUT2D eigenvalue weighted by atomic mass is 10.2. The summed E-state index contributed by atoms with van der Waals surface area (Å²) in [6, 6.07) is 6.33. The molecule has 22 heavy (non-hydrogen) atoms. The smallest absolute Gasteiger partial charge is 0.343 e. The van der Waals surface area contributed by atoms with Gasteiger partial charge in [0.05, 0.1) is 13.7 Å². The number of amides is 1. The number of carbonyl (C=O) groups is 2. The number of benzene rings is 1. The fourth-order valence-corrected chi connectivity index (χ4v) is 1.52. The van der Waals surface area contributed by atoms with E-state index in [-0.39, 0.29) is 31.5 Å². The zero-order valence-electron chi connectivity index (χ0n) is 12.5. The molecule has 0 saturated carbocycles. The number of ether oxygens (including phenoxy) is 3. The molecule has 0 aliphatic rings. The van der Waals surface area contributed by atoms with E-state index in [0.29, 0.717) is 12.3 Å². The standard InChI is InChI=1S/C14H20N2O5.ClH/c1-19-8-12(15)14(18)16-7-10-4-3-5-11(6-10)21-9-13(17)20-2;/h3-6,12H,7-9,15H2,1-2H3,(H,16,18);1H. The number of hydrogen-bond donors (Lipinski definition) is 2. The summed E-state index contributed by atoms with van der Waals surface area (Å²) in [4.78, 5) is 22.6. The van der Waals surface area contributed by atoms with Crippen molar-refractivity contribution < 1.29 is 23.8 Å². The van der Waals surface area contributed by atoms with Gasteiger partial charge in [-0.3, -0.25) is 4.79 Å². The third-order valence-corrected chi connectivity index (χ3v) is 2.63. The van der Waals surface area contributed by atoms with Crippen molar-refractivity contribution in [1.29, 1.82) is 0 Å². The van der Waals surface area contributed by atoms with Gasteiger partial charge in [0.2, 0.25) is 5.91 Å². The molecule has 0 spiro atoms. The van der Waals surface area contributed by atoms with Gasteiger partial charge >= 0.3 is 5.97 Å². The molecular weight excluding hydrogens is 312 g/mol. The van der Waals surface area contributed by atoms with Crippen LogP contribution in [0.15, 0.2) is 24.3 Å². The highest BCUT2D eigenvalue weighted by atomic mass is 35.5. The maximum Gasteiger partial charge on any atom is 0.343 e. The molecular formula is C14H21ClN2O5. The Kier molecular flexibility index (Phi) is 9.93. The first-order valence-electron chi connectivity index (χ1n) is 6.37. The van der Waals surface area contributed by atoms with Crippen LogP contribution in [0, 0.1) is 0 Å².